The summed E-state index contributed by atoms with van der Waals surface area (Å²) < 4.78 is 67.9. The second-order valence-electron chi connectivity index (χ2n) is 25.5. The Hall–Kier alpha value is -1.94. The summed E-state index contributed by atoms with van der Waals surface area (Å²) in [6.07, 6.45) is 44.9. The monoisotopic (exact) mass is 1280 g/mol. The summed E-state index contributed by atoms with van der Waals surface area (Å²) in [6.45, 7) is 9.46. The number of hydrogen-bond acceptors (Lipinski definition) is 15. The van der Waals surface area contributed by atoms with Crippen LogP contribution in [0.5, 0.6) is 0 Å². The zero-order chi connectivity index (χ0) is 64.3. The maximum atomic E-state index is 13.0. The first-order valence-corrected chi connectivity index (χ1v) is 38.5. The molecule has 3 N–H and O–H groups in total. The highest BCUT2D eigenvalue weighted by Crippen LogP contribution is 2.45. The van der Waals surface area contributed by atoms with Crippen molar-refractivity contribution in [2.45, 2.75) is 362 Å². The molecule has 0 spiro atoms. The maximum Gasteiger partial charge on any atom is 0.472 e. The average Bonchev–Trinajstić information content (AvgIpc) is 3.67. The van der Waals surface area contributed by atoms with Gasteiger partial charge < -0.3 is 33.8 Å². The molecule has 0 heterocycles. The lowest BCUT2D eigenvalue weighted by Gasteiger charge is -2.21. The highest BCUT2D eigenvalue weighted by atomic mass is 31.2. The van der Waals surface area contributed by atoms with Gasteiger partial charge in [-0.15, -0.1) is 0 Å². The summed E-state index contributed by atoms with van der Waals surface area (Å²) in [5.74, 6) is -0.559. The van der Waals surface area contributed by atoms with Crippen LogP contribution in [0.2, 0.25) is 0 Å². The number of ether oxygens (including phenoxy) is 4. The van der Waals surface area contributed by atoms with E-state index in [9.17, 15) is 43.2 Å². The third kappa shape index (κ3) is 62.6. The molecule has 17 nitrogen and oxygen atoms in total. The predicted octanol–water partition coefficient (Wildman–Crippen LogP) is 19.2. The number of carbonyl (C=O) groups excluding carboxylic acids is 4. The molecule has 19 heteroatoms. The van der Waals surface area contributed by atoms with Crippen molar-refractivity contribution in [3.8, 4) is 0 Å². The van der Waals surface area contributed by atoms with Gasteiger partial charge >= 0.3 is 39.5 Å². The topological polar surface area (TPSA) is 237 Å². The van der Waals surface area contributed by atoms with E-state index in [-0.39, 0.29) is 25.7 Å². The molecule has 0 aromatic rings. The SMILES string of the molecule is CCCCCCCCCCCC(=O)O[C@H](COC(=O)CCCCCCC)COP(=O)(O)OC[C@H](O)COP(=O)(O)OC[C@@H](COC(=O)CCCCCCCCCCCCCC(C)C)OC(=O)CCCCCCCCCCCCCCCCCCC(C)C. The quantitative estimate of drug-likeness (QED) is 0.0222. The highest BCUT2D eigenvalue weighted by molar-refractivity contribution is 7.47. The van der Waals surface area contributed by atoms with Crippen LogP contribution in [0.4, 0.5) is 0 Å². The molecule has 0 amide bonds. The number of aliphatic hydroxyl groups is 1. The molecule has 0 aliphatic carbocycles. The first kappa shape index (κ1) is 85.1. The van der Waals surface area contributed by atoms with Crippen molar-refractivity contribution in [2.24, 2.45) is 11.8 Å². The first-order valence-electron chi connectivity index (χ1n) is 35.5. The molecule has 0 aromatic carbocycles. The summed E-state index contributed by atoms with van der Waals surface area (Å²) in [5, 5.41) is 10.5. The van der Waals surface area contributed by atoms with Crippen molar-refractivity contribution in [3.63, 3.8) is 0 Å². The van der Waals surface area contributed by atoms with Crippen LogP contribution in [-0.2, 0) is 65.4 Å². The van der Waals surface area contributed by atoms with Gasteiger partial charge in [-0.3, -0.25) is 37.3 Å². The Morgan fingerprint density at radius 2 is 0.529 bits per heavy atom. The maximum absolute atomic E-state index is 13.0. The van der Waals surface area contributed by atoms with Gasteiger partial charge in [-0.25, -0.2) is 9.13 Å². The van der Waals surface area contributed by atoms with Crippen LogP contribution in [0.25, 0.3) is 0 Å². The summed E-state index contributed by atoms with van der Waals surface area (Å²) in [5.41, 5.74) is 0. The van der Waals surface area contributed by atoms with Gasteiger partial charge in [-0.1, -0.05) is 292 Å². The molecular formula is C68H132O17P2. The minimum absolute atomic E-state index is 0.105. The molecule has 2 unspecified atom stereocenters. The Bertz CT molecular complexity index is 1700. The van der Waals surface area contributed by atoms with E-state index in [1.165, 1.54) is 154 Å². The van der Waals surface area contributed by atoms with Gasteiger partial charge in [0.1, 0.15) is 19.3 Å². The van der Waals surface area contributed by atoms with Crippen LogP contribution >= 0.6 is 15.6 Å². The minimum Gasteiger partial charge on any atom is -0.462 e. The van der Waals surface area contributed by atoms with Gasteiger partial charge in [-0.05, 0) is 37.5 Å². The Kier molecular flexibility index (Phi) is 59.0. The van der Waals surface area contributed by atoms with Crippen molar-refractivity contribution in [1.29, 1.82) is 0 Å². The van der Waals surface area contributed by atoms with E-state index in [0.29, 0.717) is 25.7 Å². The summed E-state index contributed by atoms with van der Waals surface area (Å²) in [4.78, 5) is 72.1. The van der Waals surface area contributed by atoms with Crippen LogP contribution in [0.3, 0.4) is 0 Å². The molecule has 0 aliphatic rings. The van der Waals surface area contributed by atoms with Crippen LogP contribution in [-0.4, -0.2) is 96.7 Å². The number of unbranched alkanes of at least 4 members (excludes halogenated alkanes) is 37. The molecule has 0 fully saturated rings. The molecule has 0 bridgehead atoms. The van der Waals surface area contributed by atoms with E-state index < -0.39 is 97.5 Å². The van der Waals surface area contributed by atoms with E-state index in [1.807, 2.05) is 0 Å². The highest BCUT2D eigenvalue weighted by Gasteiger charge is 2.30. The number of rotatable bonds is 67. The van der Waals surface area contributed by atoms with Gasteiger partial charge in [0.2, 0.25) is 0 Å². The van der Waals surface area contributed by atoms with Crippen molar-refractivity contribution in [3.05, 3.63) is 0 Å². The van der Waals surface area contributed by atoms with Gasteiger partial charge in [0.05, 0.1) is 26.4 Å². The summed E-state index contributed by atoms with van der Waals surface area (Å²) in [6, 6.07) is 0. The van der Waals surface area contributed by atoms with E-state index in [2.05, 4.69) is 41.5 Å². The lowest BCUT2D eigenvalue weighted by atomic mass is 10.0. The second kappa shape index (κ2) is 60.3. The van der Waals surface area contributed by atoms with E-state index >= 15 is 0 Å². The van der Waals surface area contributed by atoms with Crippen molar-refractivity contribution in [1.82, 2.24) is 0 Å². The Labute approximate surface area is 530 Å². The number of phosphoric acid groups is 2. The number of esters is 4. The molecule has 0 rings (SSSR count). The number of phosphoric ester groups is 2. The van der Waals surface area contributed by atoms with E-state index in [4.69, 9.17) is 37.0 Å². The summed E-state index contributed by atoms with van der Waals surface area (Å²) >= 11 is 0. The van der Waals surface area contributed by atoms with Gasteiger partial charge in [0.25, 0.3) is 0 Å². The van der Waals surface area contributed by atoms with Crippen molar-refractivity contribution < 1.29 is 80.2 Å². The van der Waals surface area contributed by atoms with Gasteiger partial charge in [0, 0.05) is 25.7 Å². The minimum atomic E-state index is -4.95. The summed E-state index contributed by atoms with van der Waals surface area (Å²) in [7, 11) is -9.88. The Morgan fingerprint density at radius 3 is 0.782 bits per heavy atom. The third-order valence-corrected chi connectivity index (χ3v) is 17.6. The first-order chi connectivity index (χ1) is 41.9. The number of aliphatic hydroxyl groups excluding tert-OH is 1. The molecule has 87 heavy (non-hydrogen) atoms. The standard InChI is InChI=1S/C68H132O17P2/c1-7-9-11-13-14-26-34-40-46-52-67(72)84-63(56-78-65(70)50-44-36-12-10-8-2)58-82-86(74,75)80-54-62(69)55-81-87(76,77)83-59-64(57-79-66(71)51-45-39-33-29-25-21-23-28-32-38-43-49-61(5)6)85-68(73)53-47-41-35-30-24-20-18-16-15-17-19-22-27-31-37-42-48-60(3)4/h60-64,69H,7-59H2,1-6H3,(H,74,75)(H,76,77)/t62-,63+,64+/m0/s1. The molecular weight excluding hydrogens is 1150 g/mol. The second-order valence-corrected chi connectivity index (χ2v) is 28.4. The lowest BCUT2D eigenvalue weighted by Crippen LogP contribution is -2.30. The zero-order valence-electron chi connectivity index (χ0n) is 56.3. The van der Waals surface area contributed by atoms with E-state index in [1.54, 1.807) is 0 Å². The molecule has 0 radical (unpaired) electrons. The fourth-order valence-corrected chi connectivity index (χ4v) is 11.8. The smallest absolute Gasteiger partial charge is 0.462 e. The normalized spacial score (nSPS) is 14.2. The van der Waals surface area contributed by atoms with Crippen LogP contribution in [0, 0.1) is 11.8 Å². The Morgan fingerprint density at radius 1 is 0.310 bits per heavy atom. The lowest BCUT2D eigenvalue weighted by molar-refractivity contribution is -0.161. The average molecular weight is 1280 g/mol. The zero-order valence-corrected chi connectivity index (χ0v) is 58.1. The fraction of sp³-hybridized carbons (Fsp3) is 0.941. The van der Waals surface area contributed by atoms with Crippen LogP contribution < -0.4 is 0 Å². The van der Waals surface area contributed by atoms with Crippen molar-refractivity contribution >= 4 is 39.5 Å². The number of hydrogen-bond donors (Lipinski definition) is 3. The predicted molar refractivity (Wildman–Crippen MR) is 349 cm³/mol. The van der Waals surface area contributed by atoms with Crippen LogP contribution in [0.1, 0.15) is 343 Å². The molecule has 516 valence electrons. The molecule has 5 atom stereocenters. The molecule has 0 saturated carbocycles. The molecule has 0 saturated heterocycles. The van der Waals surface area contributed by atoms with Gasteiger partial charge in [-0.2, -0.15) is 0 Å². The Balaban J connectivity index is 5.13. The number of carbonyl (C=O) groups is 4. The third-order valence-electron chi connectivity index (χ3n) is 15.7. The van der Waals surface area contributed by atoms with E-state index in [0.717, 1.165) is 108 Å². The largest absolute Gasteiger partial charge is 0.472 e. The molecule has 0 aromatic heterocycles. The van der Waals surface area contributed by atoms with Gasteiger partial charge in [0.15, 0.2) is 12.2 Å². The molecule has 0 aliphatic heterocycles. The fourth-order valence-electron chi connectivity index (χ4n) is 10.2. The van der Waals surface area contributed by atoms with Crippen molar-refractivity contribution in [2.75, 3.05) is 39.6 Å². The van der Waals surface area contributed by atoms with Crippen LogP contribution in [0.15, 0.2) is 0 Å².